The van der Waals surface area contributed by atoms with Gasteiger partial charge in [-0.25, -0.2) is 9.97 Å². The maximum absolute atomic E-state index is 4.99. The molecule has 0 saturated heterocycles. The zero-order chi connectivity index (χ0) is 34.4. The predicted octanol–water partition coefficient (Wildman–Crippen LogP) is 13.4. The van der Waals surface area contributed by atoms with Crippen molar-refractivity contribution < 1.29 is 0 Å². The number of nitrogens with zero attached hydrogens (tertiary/aromatic N) is 2. The van der Waals surface area contributed by atoms with Crippen molar-refractivity contribution in [2.45, 2.75) is 0 Å². The summed E-state index contributed by atoms with van der Waals surface area (Å²) >= 11 is 0. The van der Waals surface area contributed by atoms with Crippen LogP contribution in [0.2, 0.25) is 0 Å². The third-order valence-corrected chi connectivity index (χ3v) is 10.4. The summed E-state index contributed by atoms with van der Waals surface area (Å²) in [4.78, 5) is 9.63. The molecule has 2 nitrogen and oxygen atoms in total. The first-order valence-electron chi connectivity index (χ1n) is 17.7. The van der Waals surface area contributed by atoms with Gasteiger partial charge in [-0.15, -0.1) is 0 Å². The highest BCUT2D eigenvalue weighted by molar-refractivity contribution is 6.23. The van der Waals surface area contributed by atoms with Crippen LogP contribution in [0.4, 0.5) is 0 Å². The number of rotatable bonds is 5. The molecule has 0 amide bonds. The van der Waals surface area contributed by atoms with Crippen LogP contribution in [0.25, 0.3) is 99.1 Å². The molecule has 0 radical (unpaired) electrons. The minimum atomic E-state index is 0.720. The van der Waals surface area contributed by atoms with Gasteiger partial charge in [-0.2, -0.15) is 0 Å². The summed E-state index contributed by atoms with van der Waals surface area (Å²) in [6, 6.07) is 67.5. The monoisotopic (exact) mass is 660 g/mol. The number of hydrogen-bond acceptors (Lipinski definition) is 2. The van der Waals surface area contributed by atoms with E-state index in [2.05, 4.69) is 187 Å². The summed E-state index contributed by atoms with van der Waals surface area (Å²) < 4.78 is 0. The highest BCUT2D eigenvalue weighted by Gasteiger charge is 2.18. The third kappa shape index (κ3) is 5.04. The van der Waals surface area contributed by atoms with E-state index in [-0.39, 0.29) is 0 Å². The van der Waals surface area contributed by atoms with Crippen LogP contribution in [0.15, 0.2) is 194 Å². The Hall–Kier alpha value is -6.90. The van der Waals surface area contributed by atoms with Crippen molar-refractivity contribution in [1.29, 1.82) is 0 Å². The average molecular weight is 661 g/mol. The maximum atomic E-state index is 4.99. The summed E-state index contributed by atoms with van der Waals surface area (Å²) in [5.74, 6) is 0.720. The average Bonchev–Trinajstić information content (AvgIpc) is 3.22. The second-order valence-electron chi connectivity index (χ2n) is 13.3. The Bertz CT molecular complexity index is 2870. The van der Waals surface area contributed by atoms with E-state index < -0.39 is 0 Å². The van der Waals surface area contributed by atoms with Crippen LogP contribution < -0.4 is 0 Å². The molecule has 0 aliphatic rings. The van der Waals surface area contributed by atoms with Gasteiger partial charge in [0.05, 0.1) is 5.69 Å². The fraction of sp³-hybridized carbons (Fsp3) is 0. The summed E-state index contributed by atoms with van der Waals surface area (Å²) in [6.07, 6.45) is 1.86. The minimum Gasteiger partial charge on any atom is -0.237 e. The Balaban J connectivity index is 1.02. The topological polar surface area (TPSA) is 25.8 Å². The predicted molar refractivity (Wildman–Crippen MR) is 219 cm³/mol. The van der Waals surface area contributed by atoms with Crippen molar-refractivity contribution >= 4 is 43.1 Å². The molecule has 0 N–H and O–H groups in total. The lowest BCUT2D eigenvalue weighted by molar-refractivity contribution is 1.18. The molecule has 10 rings (SSSR count). The second-order valence-corrected chi connectivity index (χ2v) is 13.3. The molecule has 9 aromatic carbocycles. The van der Waals surface area contributed by atoms with E-state index in [1.54, 1.807) is 0 Å². The van der Waals surface area contributed by atoms with Crippen LogP contribution in [0.5, 0.6) is 0 Å². The first kappa shape index (κ1) is 30.0. The van der Waals surface area contributed by atoms with Crippen LogP contribution in [0.1, 0.15) is 0 Å². The molecule has 0 atom stereocenters. The molecule has 242 valence electrons. The molecule has 0 bridgehead atoms. The third-order valence-electron chi connectivity index (χ3n) is 10.4. The molecule has 0 spiro atoms. The molecule has 0 fully saturated rings. The quantitative estimate of drug-likeness (QED) is 0.172. The van der Waals surface area contributed by atoms with Gasteiger partial charge in [0, 0.05) is 17.3 Å². The fourth-order valence-electron chi connectivity index (χ4n) is 7.91. The molecular weight excluding hydrogens is 629 g/mol. The van der Waals surface area contributed by atoms with E-state index in [0.29, 0.717) is 0 Å². The van der Waals surface area contributed by atoms with Crippen molar-refractivity contribution in [1.82, 2.24) is 9.97 Å². The van der Waals surface area contributed by atoms with Crippen molar-refractivity contribution in [2.24, 2.45) is 0 Å². The summed E-state index contributed by atoms with van der Waals surface area (Å²) in [7, 11) is 0. The molecule has 0 aliphatic heterocycles. The van der Waals surface area contributed by atoms with Gasteiger partial charge in [-0.1, -0.05) is 182 Å². The lowest BCUT2D eigenvalue weighted by Crippen LogP contribution is -1.92. The van der Waals surface area contributed by atoms with Gasteiger partial charge in [0.25, 0.3) is 0 Å². The second kappa shape index (κ2) is 12.5. The Kier molecular flexibility index (Phi) is 7.18. The molecule has 52 heavy (non-hydrogen) atoms. The smallest absolute Gasteiger partial charge is 0.159 e. The van der Waals surface area contributed by atoms with E-state index in [1.165, 1.54) is 70.9 Å². The fourth-order valence-corrected chi connectivity index (χ4v) is 7.91. The van der Waals surface area contributed by atoms with E-state index >= 15 is 0 Å². The van der Waals surface area contributed by atoms with Crippen LogP contribution in [-0.4, -0.2) is 9.97 Å². The van der Waals surface area contributed by atoms with Crippen molar-refractivity contribution in [3.63, 3.8) is 0 Å². The Morgan fingerprint density at radius 1 is 0.288 bits per heavy atom. The molecule has 0 saturated carbocycles. The molecular formula is C50H32N2. The Morgan fingerprint density at radius 3 is 1.29 bits per heavy atom. The van der Waals surface area contributed by atoms with Gasteiger partial charge in [0.1, 0.15) is 0 Å². The zero-order valence-electron chi connectivity index (χ0n) is 28.4. The highest BCUT2D eigenvalue weighted by Crippen LogP contribution is 2.45. The van der Waals surface area contributed by atoms with E-state index in [1.807, 2.05) is 12.3 Å². The number of fused-ring (bicyclic) bond motifs is 4. The van der Waals surface area contributed by atoms with Crippen molar-refractivity contribution in [2.75, 3.05) is 0 Å². The Morgan fingerprint density at radius 2 is 0.712 bits per heavy atom. The van der Waals surface area contributed by atoms with Crippen molar-refractivity contribution in [3.05, 3.63) is 194 Å². The summed E-state index contributed by atoms with van der Waals surface area (Å²) in [6.45, 7) is 0. The van der Waals surface area contributed by atoms with E-state index in [9.17, 15) is 0 Å². The summed E-state index contributed by atoms with van der Waals surface area (Å²) in [5.41, 5.74) is 10.4. The van der Waals surface area contributed by atoms with Gasteiger partial charge in [0.15, 0.2) is 5.82 Å². The molecule has 0 unspecified atom stereocenters. The molecule has 0 aliphatic carbocycles. The SMILES string of the molecule is c1ccc2c(-c3ccnc(-c4ccc(-c5ccc(-c6c7ccccc7c(-c7cccc8ccccc78)c7ccccc67)cc5)cc4)n3)cccc2c1. The van der Waals surface area contributed by atoms with Crippen LogP contribution in [0.3, 0.4) is 0 Å². The van der Waals surface area contributed by atoms with Gasteiger partial charge < -0.3 is 0 Å². The van der Waals surface area contributed by atoms with Crippen molar-refractivity contribution in [3.8, 4) is 56.0 Å². The zero-order valence-corrected chi connectivity index (χ0v) is 28.4. The van der Waals surface area contributed by atoms with E-state index in [0.717, 1.165) is 28.2 Å². The summed E-state index contributed by atoms with van der Waals surface area (Å²) in [5, 5.41) is 9.96. The minimum absolute atomic E-state index is 0.720. The molecule has 1 heterocycles. The lowest BCUT2D eigenvalue weighted by Gasteiger charge is -2.19. The van der Waals surface area contributed by atoms with Gasteiger partial charge >= 0.3 is 0 Å². The maximum Gasteiger partial charge on any atom is 0.159 e. The standard InChI is InChI=1S/C50H32N2/c1-3-15-39-35(11-1)13-9-21-41(39)47-31-32-51-50(52-47)38-29-25-34(26-30-38)33-23-27-37(28-24-33)48-43-17-5-7-19-45(43)49(46-20-8-6-18-44(46)48)42-22-10-14-36-12-2-4-16-40(36)42/h1-32H. The Labute approximate surface area is 302 Å². The first-order chi connectivity index (χ1) is 25.8. The molecule has 1 aromatic heterocycles. The van der Waals surface area contributed by atoms with Gasteiger partial charge in [0.2, 0.25) is 0 Å². The van der Waals surface area contributed by atoms with Crippen LogP contribution in [-0.2, 0) is 0 Å². The largest absolute Gasteiger partial charge is 0.237 e. The number of hydrogen-bond donors (Lipinski definition) is 0. The number of benzene rings is 9. The van der Waals surface area contributed by atoms with Crippen LogP contribution in [0, 0.1) is 0 Å². The lowest BCUT2D eigenvalue weighted by atomic mass is 9.84. The number of aromatic nitrogens is 2. The molecule has 2 heteroatoms. The normalized spacial score (nSPS) is 11.5. The van der Waals surface area contributed by atoms with Crippen LogP contribution >= 0.6 is 0 Å². The molecule has 10 aromatic rings. The van der Waals surface area contributed by atoms with Gasteiger partial charge in [-0.3, -0.25) is 0 Å². The van der Waals surface area contributed by atoms with Gasteiger partial charge in [-0.05, 0) is 82.5 Å². The first-order valence-corrected chi connectivity index (χ1v) is 17.7. The highest BCUT2D eigenvalue weighted by atomic mass is 14.9. The van der Waals surface area contributed by atoms with E-state index in [4.69, 9.17) is 4.98 Å².